The normalized spacial score (nSPS) is 31.9. The highest BCUT2D eigenvalue weighted by Crippen LogP contribution is 2.55. The largest absolute Gasteiger partial charge is 0.497 e. The lowest BCUT2D eigenvalue weighted by Gasteiger charge is -2.35. The molecule has 4 fully saturated rings. The van der Waals surface area contributed by atoms with Crippen LogP contribution in [0.15, 0.2) is 36.4 Å². The van der Waals surface area contributed by atoms with Crippen LogP contribution in [-0.2, 0) is 19.1 Å². The molecule has 9 heteroatoms. The van der Waals surface area contributed by atoms with Crippen LogP contribution in [0.5, 0.6) is 5.75 Å². The molecule has 222 valence electrons. The van der Waals surface area contributed by atoms with E-state index in [9.17, 15) is 14.4 Å². The zero-order valence-corrected chi connectivity index (χ0v) is 24.3. The van der Waals surface area contributed by atoms with Crippen molar-refractivity contribution in [3.8, 4) is 5.75 Å². The average molecular weight is 565 g/mol. The molecule has 2 bridgehead atoms. The number of anilines is 1. The van der Waals surface area contributed by atoms with Gasteiger partial charge in [0.05, 0.1) is 25.0 Å². The molecule has 4 aliphatic heterocycles. The molecule has 9 nitrogen and oxygen atoms in total. The maximum atomic E-state index is 14.2. The number of carbonyl (C=O) groups is 3. The van der Waals surface area contributed by atoms with Gasteiger partial charge in [-0.15, -0.1) is 0 Å². The number of fused-ring (bicyclic) bond motifs is 1. The fraction of sp³-hybridized carbons (Fsp3) is 0.656. The van der Waals surface area contributed by atoms with Crippen molar-refractivity contribution in [2.75, 3.05) is 38.6 Å². The molecule has 2 N–H and O–H groups in total. The summed E-state index contributed by atoms with van der Waals surface area (Å²) >= 11 is 0. The Morgan fingerprint density at radius 3 is 2.61 bits per heavy atom. The van der Waals surface area contributed by atoms with Gasteiger partial charge in [-0.25, -0.2) is 0 Å². The molecule has 0 radical (unpaired) electrons. The molecule has 3 saturated heterocycles. The Labute approximate surface area is 243 Å². The van der Waals surface area contributed by atoms with Crippen LogP contribution in [0.25, 0.3) is 0 Å². The number of benzene rings is 1. The molecular formula is C32H44N4O5. The Bertz CT molecular complexity index is 1170. The van der Waals surface area contributed by atoms with Crippen LogP contribution in [0, 0.1) is 17.8 Å². The van der Waals surface area contributed by atoms with Crippen LogP contribution >= 0.6 is 0 Å². The first-order valence-corrected chi connectivity index (χ1v) is 15.5. The molecule has 1 aliphatic carbocycles. The third-order valence-electron chi connectivity index (χ3n) is 9.96. The SMILES string of the molecule is COc1cccc(NC(=O)[C@H]2[C@@H]3C=C[C@]4(O3)[C@@H]2C(=O)N(CCCN2CCC(C)CC2)[C@@H]4C(=O)NC2CCCCC2)c1. The van der Waals surface area contributed by atoms with Gasteiger partial charge in [0.25, 0.3) is 0 Å². The van der Waals surface area contributed by atoms with Crippen molar-refractivity contribution in [3.05, 3.63) is 36.4 Å². The Kier molecular flexibility index (Phi) is 8.10. The van der Waals surface area contributed by atoms with Gasteiger partial charge < -0.3 is 29.9 Å². The van der Waals surface area contributed by atoms with E-state index in [2.05, 4.69) is 22.5 Å². The standard InChI is InChI=1S/C32H44N4O5/c1-21-13-18-35(19-14-21)16-7-17-36-28(30(38)33-22-8-4-3-5-9-22)32-15-12-25(41-32)26(27(32)31(36)39)29(37)34-23-10-6-11-24(20-23)40-2/h6,10-12,15,20-22,25-28H,3-5,7-9,13-14,16-19H2,1-2H3,(H,33,38)(H,34,37)/t25-,26-,27-,28+,32-/m0/s1. The van der Waals surface area contributed by atoms with E-state index in [1.54, 1.807) is 24.1 Å². The summed E-state index contributed by atoms with van der Waals surface area (Å²) in [6.45, 7) is 5.82. The first-order chi connectivity index (χ1) is 19.9. The number of hydrogen-bond donors (Lipinski definition) is 2. The maximum Gasteiger partial charge on any atom is 0.246 e. The summed E-state index contributed by atoms with van der Waals surface area (Å²) in [5.74, 6) is -0.634. The molecule has 6 rings (SSSR count). The lowest BCUT2D eigenvalue weighted by Crippen LogP contribution is -2.56. The van der Waals surface area contributed by atoms with E-state index in [0.29, 0.717) is 18.0 Å². The predicted octanol–water partition coefficient (Wildman–Crippen LogP) is 3.36. The van der Waals surface area contributed by atoms with E-state index in [1.165, 1.54) is 19.3 Å². The minimum Gasteiger partial charge on any atom is -0.497 e. The Morgan fingerprint density at radius 2 is 1.85 bits per heavy atom. The van der Waals surface area contributed by atoms with Crippen LogP contribution in [0.1, 0.15) is 58.3 Å². The number of amides is 3. The lowest BCUT2D eigenvalue weighted by molar-refractivity contribution is -0.141. The number of nitrogens with one attached hydrogen (secondary N) is 2. The van der Waals surface area contributed by atoms with E-state index < -0.39 is 29.6 Å². The van der Waals surface area contributed by atoms with Gasteiger partial charge in [-0.3, -0.25) is 14.4 Å². The number of ether oxygens (including phenoxy) is 2. The van der Waals surface area contributed by atoms with Crippen molar-refractivity contribution >= 4 is 23.4 Å². The van der Waals surface area contributed by atoms with Gasteiger partial charge in [0.2, 0.25) is 17.7 Å². The van der Waals surface area contributed by atoms with E-state index in [-0.39, 0.29) is 23.8 Å². The fourth-order valence-electron chi connectivity index (χ4n) is 7.71. The predicted molar refractivity (Wildman–Crippen MR) is 155 cm³/mol. The molecule has 3 amide bonds. The second-order valence-corrected chi connectivity index (χ2v) is 12.7. The van der Waals surface area contributed by atoms with Gasteiger partial charge in [0.1, 0.15) is 17.4 Å². The van der Waals surface area contributed by atoms with Crippen molar-refractivity contribution in [2.24, 2.45) is 17.8 Å². The minimum atomic E-state index is -1.13. The van der Waals surface area contributed by atoms with E-state index in [1.807, 2.05) is 24.3 Å². The maximum absolute atomic E-state index is 14.2. The number of methoxy groups -OCH3 is 1. The molecule has 1 aromatic rings. The minimum absolute atomic E-state index is 0.119. The van der Waals surface area contributed by atoms with Crippen molar-refractivity contribution in [1.29, 1.82) is 0 Å². The summed E-state index contributed by atoms with van der Waals surface area (Å²) in [5, 5.41) is 6.25. The van der Waals surface area contributed by atoms with Crippen LogP contribution in [0.2, 0.25) is 0 Å². The summed E-state index contributed by atoms with van der Waals surface area (Å²) in [5.41, 5.74) is -0.530. The molecule has 0 aromatic heterocycles. The second-order valence-electron chi connectivity index (χ2n) is 12.7. The van der Waals surface area contributed by atoms with Gasteiger partial charge in [0.15, 0.2) is 0 Å². The first kappa shape index (κ1) is 28.2. The van der Waals surface area contributed by atoms with Crippen molar-refractivity contribution in [3.63, 3.8) is 0 Å². The lowest BCUT2D eigenvalue weighted by atomic mass is 9.74. The second kappa shape index (κ2) is 11.8. The number of hydrogen-bond acceptors (Lipinski definition) is 6. The fourth-order valence-corrected chi connectivity index (χ4v) is 7.71. The Morgan fingerprint density at radius 1 is 1.07 bits per heavy atom. The molecule has 1 spiro atoms. The molecule has 41 heavy (non-hydrogen) atoms. The highest BCUT2D eigenvalue weighted by molar-refractivity contribution is 6.02. The van der Waals surface area contributed by atoms with Crippen LogP contribution in [-0.4, -0.2) is 84.6 Å². The number of carbonyl (C=O) groups excluding carboxylic acids is 3. The first-order valence-electron chi connectivity index (χ1n) is 15.5. The van der Waals surface area contributed by atoms with Crippen molar-refractivity contribution in [2.45, 2.75) is 82.1 Å². The molecule has 1 saturated carbocycles. The van der Waals surface area contributed by atoms with E-state index >= 15 is 0 Å². The molecule has 1 aromatic carbocycles. The van der Waals surface area contributed by atoms with Gasteiger partial charge in [-0.05, 0) is 69.8 Å². The third kappa shape index (κ3) is 5.39. The van der Waals surface area contributed by atoms with Gasteiger partial charge in [-0.1, -0.05) is 44.4 Å². The van der Waals surface area contributed by atoms with E-state index in [0.717, 1.165) is 57.7 Å². The van der Waals surface area contributed by atoms with Gasteiger partial charge in [-0.2, -0.15) is 0 Å². The molecule has 5 aliphatic rings. The molecule has 5 atom stereocenters. The van der Waals surface area contributed by atoms with Crippen molar-refractivity contribution < 1.29 is 23.9 Å². The Balaban J connectivity index is 1.22. The summed E-state index contributed by atoms with van der Waals surface area (Å²) < 4.78 is 11.8. The summed E-state index contributed by atoms with van der Waals surface area (Å²) in [4.78, 5) is 46.1. The van der Waals surface area contributed by atoms with Crippen LogP contribution < -0.4 is 15.4 Å². The van der Waals surface area contributed by atoms with Gasteiger partial charge in [0, 0.05) is 24.3 Å². The van der Waals surface area contributed by atoms with Crippen LogP contribution in [0.3, 0.4) is 0 Å². The van der Waals surface area contributed by atoms with Gasteiger partial charge >= 0.3 is 0 Å². The molecular weight excluding hydrogens is 520 g/mol. The molecule has 4 heterocycles. The number of nitrogens with zero attached hydrogens (tertiary/aromatic N) is 2. The zero-order valence-electron chi connectivity index (χ0n) is 24.3. The van der Waals surface area contributed by atoms with Crippen LogP contribution in [0.4, 0.5) is 5.69 Å². The summed E-state index contributed by atoms with van der Waals surface area (Å²) in [6, 6.07) is 6.51. The molecule has 0 unspecified atom stereocenters. The number of piperidine rings is 1. The van der Waals surface area contributed by atoms with E-state index in [4.69, 9.17) is 9.47 Å². The zero-order chi connectivity index (χ0) is 28.6. The van der Waals surface area contributed by atoms with Crippen molar-refractivity contribution in [1.82, 2.24) is 15.1 Å². The highest BCUT2D eigenvalue weighted by atomic mass is 16.5. The third-order valence-corrected chi connectivity index (χ3v) is 9.96. The Hall–Kier alpha value is -2.91. The summed E-state index contributed by atoms with van der Waals surface area (Å²) in [6.07, 6.45) is 11.7. The quantitative estimate of drug-likeness (QED) is 0.447. The summed E-state index contributed by atoms with van der Waals surface area (Å²) in [7, 11) is 1.58. The smallest absolute Gasteiger partial charge is 0.246 e. The topological polar surface area (TPSA) is 100 Å². The number of likely N-dealkylation sites (tertiary alicyclic amines) is 2. The average Bonchev–Trinajstić information content (AvgIpc) is 3.62. The highest BCUT2D eigenvalue weighted by Gasteiger charge is 2.72. The number of rotatable bonds is 9. The monoisotopic (exact) mass is 564 g/mol.